The molecule has 0 spiro atoms. The van der Waals surface area contributed by atoms with Gasteiger partial charge in [-0.25, -0.2) is 9.67 Å². The summed E-state index contributed by atoms with van der Waals surface area (Å²) >= 11 is 6.11. The lowest BCUT2D eigenvalue weighted by Gasteiger charge is -2.12. The van der Waals surface area contributed by atoms with Gasteiger partial charge in [-0.3, -0.25) is 4.79 Å². The van der Waals surface area contributed by atoms with E-state index in [1.54, 1.807) is 35.3 Å². The zero-order valence-corrected chi connectivity index (χ0v) is 13.8. The number of hydrogen-bond acceptors (Lipinski definition) is 3. The van der Waals surface area contributed by atoms with Crippen molar-refractivity contribution in [2.75, 3.05) is 5.32 Å². The number of benzene rings is 3. The summed E-state index contributed by atoms with van der Waals surface area (Å²) in [6.45, 7) is 0. The third-order valence-electron chi connectivity index (χ3n) is 3.91. The first-order chi connectivity index (χ1) is 12.2. The van der Waals surface area contributed by atoms with E-state index < -0.39 is 0 Å². The molecule has 1 aromatic heterocycles. The second-order valence-electron chi connectivity index (χ2n) is 5.48. The van der Waals surface area contributed by atoms with Crippen molar-refractivity contribution in [3.8, 4) is 5.69 Å². The number of nitrogens with zero attached hydrogens (tertiary/aromatic N) is 3. The molecule has 1 N–H and O–H groups in total. The molecule has 5 nitrogen and oxygen atoms in total. The van der Waals surface area contributed by atoms with Crippen molar-refractivity contribution in [2.45, 2.75) is 0 Å². The average molecular weight is 349 g/mol. The number of amides is 1. The molecule has 25 heavy (non-hydrogen) atoms. The van der Waals surface area contributed by atoms with E-state index in [0.29, 0.717) is 22.0 Å². The molecule has 1 amide bonds. The molecule has 3 aromatic carbocycles. The van der Waals surface area contributed by atoms with Crippen molar-refractivity contribution >= 4 is 34.0 Å². The lowest BCUT2D eigenvalue weighted by atomic mass is 10.0. The van der Waals surface area contributed by atoms with Crippen LogP contribution in [0.25, 0.3) is 16.5 Å². The monoisotopic (exact) mass is 348 g/mol. The second-order valence-corrected chi connectivity index (χ2v) is 5.92. The zero-order chi connectivity index (χ0) is 17.2. The topological polar surface area (TPSA) is 59.8 Å². The molecule has 0 aliphatic rings. The molecule has 6 heteroatoms. The third kappa shape index (κ3) is 2.97. The highest BCUT2D eigenvalue weighted by Gasteiger charge is 2.13. The largest absolute Gasteiger partial charge is 0.320 e. The van der Waals surface area contributed by atoms with E-state index in [-0.39, 0.29) is 5.91 Å². The Bertz CT molecular complexity index is 1050. The van der Waals surface area contributed by atoms with Gasteiger partial charge in [0.2, 0.25) is 0 Å². The van der Waals surface area contributed by atoms with E-state index in [0.717, 1.165) is 10.8 Å². The highest BCUT2D eigenvalue weighted by Crippen LogP contribution is 2.26. The van der Waals surface area contributed by atoms with Gasteiger partial charge >= 0.3 is 0 Å². The van der Waals surface area contributed by atoms with Gasteiger partial charge in [0.15, 0.2) is 0 Å². The molecule has 1 heterocycles. The highest BCUT2D eigenvalue weighted by molar-refractivity contribution is 6.31. The number of rotatable bonds is 3. The number of hydrogen-bond donors (Lipinski definition) is 1. The zero-order valence-electron chi connectivity index (χ0n) is 13.1. The summed E-state index contributed by atoms with van der Waals surface area (Å²) in [6, 6.07) is 18.6. The molecule has 0 aliphatic heterocycles. The van der Waals surface area contributed by atoms with E-state index in [1.165, 1.54) is 6.33 Å². The lowest BCUT2D eigenvalue weighted by Crippen LogP contribution is -2.14. The average Bonchev–Trinajstić information content (AvgIpc) is 3.15. The van der Waals surface area contributed by atoms with Crippen LogP contribution in [0.2, 0.25) is 5.02 Å². The number of nitrogens with one attached hydrogen (secondary N) is 1. The predicted molar refractivity (Wildman–Crippen MR) is 98.3 cm³/mol. The molecular formula is C19H13ClN4O. The van der Waals surface area contributed by atoms with Gasteiger partial charge < -0.3 is 5.32 Å². The van der Waals surface area contributed by atoms with Crippen molar-refractivity contribution in [1.82, 2.24) is 14.8 Å². The second kappa shape index (κ2) is 6.37. The van der Waals surface area contributed by atoms with Crippen molar-refractivity contribution in [3.63, 3.8) is 0 Å². The molecule has 122 valence electrons. The third-order valence-corrected chi connectivity index (χ3v) is 4.14. The number of anilines is 1. The number of halogens is 1. The van der Waals surface area contributed by atoms with Crippen LogP contribution in [0.1, 0.15) is 10.4 Å². The van der Waals surface area contributed by atoms with Crippen molar-refractivity contribution in [3.05, 3.63) is 83.9 Å². The van der Waals surface area contributed by atoms with Gasteiger partial charge in [0.25, 0.3) is 5.91 Å². The minimum Gasteiger partial charge on any atom is -0.320 e. The Labute approximate surface area is 148 Å². The highest BCUT2D eigenvalue weighted by atomic mass is 35.5. The number of carbonyl (C=O) groups is 1. The maximum atomic E-state index is 12.9. The van der Waals surface area contributed by atoms with Crippen LogP contribution in [-0.2, 0) is 0 Å². The maximum Gasteiger partial charge on any atom is 0.256 e. The summed E-state index contributed by atoms with van der Waals surface area (Å²) in [5.41, 5.74) is 1.86. The smallest absolute Gasteiger partial charge is 0.256 e. The summed E-state index contributed by atoms with van der Waals surface area (Å²) in [5, 5.41) is 9.49. The molecule has 0 atom stereocenters. The van der Waals surface area contributed by atoms with Crippen molar-refractivity contribution in [2.24, 2.45) is 0 Å². The Kier molecular flexibility index (Phi) is 3.91. The molecule has 0 saturated heterocycles. The van der Waals surface area contributed by atoms with Gasteiger partial charge in [0, 0.05) is 10.6 Å². The van der Waals surface area contributed by atoms with Crippen LogP contribution >= 0.6 is 11.6 Å². The van der Waals surface area contributed by atoms with E-state index in [2.05, 4.69) is 15.4 Å². The van der Waals surface area contributed by atoms with Crippen LogP contribution < -0.4 is 5.32 Å². The van der Waals surface area contributed by atoms with Gasteiger partial charge in [-0.15, -0.1) is 0 Å². The van der Waals surface area contributed by atoms with Crippen LogP contribution in [-0.4, -0.2) is 20.7 Å². The maximum absolute atomic E-state index is 12.9. The van der Waals surface area contributed by atoms with Crippen LogP contribution in [0.4, 0.5) is 5.69 Å². The lowest BCUT2D eigenvalue weighted by molar-refractivity contribution is 0.102. The Morgan fingerprint density at radius 2 is 1.88 bits per heavy atom. The Hall–Kier alpha value is -3.18. The molecule has 4 rings (SSSR count). The first kappa shape index (κ1) is 15.4. The Morgan fingerprint density at radius 1 is 1.04 bits per heavy atom. The molecule has 4 aromatic rings. The summed E-state index contributed by atoms with van der Waals surface area (Å²) in [5.74, 6) is -0.208. The van der Waals surface area contributed by atoms with Gasteiger partial charge in [-0.1, -0.05) is 48.0 Å². The standard InChI is InChI=1S/C19H13ClN4O/c20-14-8-9-18(24-12-21-11-22-24)17(10-14)23-19(25)16-7-3-5-13-4-1-2-6-15(13)16/h1-12H,(H,23,25). The van der Waals surface area contributed by atoms with E-state index in [4.69, 9.17) is 11.6 Å². The summed E-state index contributed by atoms with van der Waals surface area (Å²) in [6.07, 6.45) is 3.00. The number of fused-ring (bicyclic) bond motifs is 1. The van der Waals surface area contributed by atoms with E-state index in [9.17, 15) is 4.79 Å². The first-order valence-corrected chi connectivity index (χ1v) is 8.04. The van der Waals surface area contributed by atoms with E-state index in [1.807, 2.05) is 36.4 Å². The number of aromatic nitrogens is 3. The van der Waals surface area contributed by atoms with Crippen LogP contribution in [0.15, 0.2) is 73.3 Å². The SMILES string of the molecule is O=C(Nc1cc(Cl)ccc1-n1cncn1)c1cccc2ccccc12. The molecule has 0 bridgehead atoms. The first-order valence-electron chi connectivity index (χ1n) is 7.66. The molecule has 0 unspecified atom stereocenters. The van der Waals surface area contributed by atoms with Crippen LogP contribution in [0.5, 0.6) is 0 Å². The van der Waals surface area contributed by atoms with Crippen LogP contribution in [0.3, 0.4) is 0 Å². The fourth-order valence-electron chi connectivity index (χ4n) is 2.75. The molecular weight excluding hydrogens is 336 g/mol. The molecule has 0 saturated carbocycles. The fraction of sp³-hybridized carbons (Fsp3) is 0. The Morgan fingerprint density at radius 3 is 2.72 bits per heavy atom. The van der Waals surface area contributed by atoms with Crippen LogP contribution in [0, 0.1) is 0 Å². The fourth-order valence-corrected chi connectivity index (χ4v) is 2.93. The molecule has 0 radical (unpaired) electrons. The normalized spacial score (nSPS) is 10.8. The van der Waals surface area contributed by atoms with E-state index >= 15 is 0 Å². The van der Waals surface area contributed by atoms with Gasteiger partial charge in [-0.05, 0) is 35.0 Å². The Balaban J connectivity index is 1.75. The molecule has 0 fully saturated rings. The summed E-state index contributed by atoms with van der Waals surface area (Å²) in [4.78, 5) is 16.8. The van der Waals surface area contributed by atoms with Gasteiger partial charge in [-0.2, -0.15) is 5.10 Å². The summed E-state index contributed by atoms with van der Waals surface area (Å²) < 4.78 is 1.58. The molecule has 0 aliphatic carbocycles. The quantitative estimate of drug-likeness (QED) is 0.599. The summed E-state index contributed by atoms with van der Waals surface area (Å²) in [7, 11) is 0. The van der Waals surface area contributed by atoms with Crippen molar-refractivity contribution < 1.29 is 4.79 Å². The van der Waals surface area contributed by atoms with Gasteiger partial charge in [0.05, 0.1) is 11.4 Å². The number of carbonyl (C=O) groups excluding carboxylic acids is 1. The van der Waals surface area contributed by atoms with Crippen molar-refractivity contribution in [1.29, 1.82) is 0 Å². The minimum absolute atomic E-state index is 0.208. The predicted octanol–water partition coefficient (Wildman–Crippen LogP) is 4.33. The minimum atomic E-state index is -0.208. The van der Waals surface area contributed by atoms with Gasteiger partial charge in [0.1, 0.15) is 12.7 Å².